The molecule has 9 rings (SSSR count). The van der Waals surface area contributed by atoms with Crippen LogP contribution < -0.4 is 20.9 Å². The van der Waals surface area contributed by atoms with Crippen molar-refractivity contribution in [3.63, 3.8) is 0 Å². The van der Waals surface area contributed by atoms with Crippen molar-refractivity contribution in [1.82, 2.24) is 34.6 Å². The summed E-state index contributed by atoms with van der Waals surface area (Å²) in [6, 6.07) is 28.2. The molecule has 1 saturated carbocycles. The highest BCUT2D eigenvalue weighted by Gasteiger charge is 2.30. The van der Waals surface area contributed by atoms with Gasteiger partial charge in [-0.3, -0.25) is 29.3 Å². The normalized spacial score (nSPS) is 20.6. The molecule has 55 heavy (non-hydrogen) atoms. The monoisotopic (exact) mass is 738 g/mol. The number of imidazole rings is 1. The minimum absolute atomic E-state index is 0.167. The average Bonchev–Trinajstić information content (AvgIpc) is 3.87. The number of anilines is 5. The molecule has 4 fully saturated rings. The fraction of sp³-hybridized carbons (Fsp3) is 0.419. The van der Waals surface area contributed by atoms with E-state index in [0.29, 0.717) is 30.9 Å². The largest absolute Gasteiger partial charge is 0.371 e. The van der Waals surface area contributed by atoms with E-state index in [-0.39, 0.29) is 17.7 Å². The van der Waals surface area contributed by atoms with Crippen LogP contribution in [0.1, 0.15) is 74.5 Å². The zero-order valence-corrected chi connectivity index (χ0v) is 31.4. The summed E-state index contributed by atoms with van der Waals surface area (Å²) < 4.78 is 2.28. The number of imide groups is 1. The Kier molecular flexibility index (Phi) is 10.2. The first-order valence-electron chi connectivity index (χ1n) is 20.1. The Bertz CT molecular complexity index is 2110. The maximum absolute atomic E-state index is 12.4. The third-order valence-corrected chi connectivity index (χ3v) is 12.0. The molecule has 12 heteroatoms. The molecule has 1 atom stereocenters. The SMILES string of the molecule is O=C1CCC(c2cccc(CN3CCN(C4CCN(c5ccc(Nc6ncc7nc(Nc8ccccc8)n(C8CCCC8)c7n6)cc5)CC4)CC3)c2)C(=O)N1. The Balaban J connectivity index is 0.772. The summed E-state index contributed by atoms with van der Waals surface area (Å²) in [5, 5.41) is 9.48. The highest BCUT2D eigenvalue weighted by atomic mass is 16.2. The van der Waals surface area contributed by atoms with Gasteiger partial charge in [-0.2, -0.15) is 4.98 Å². The van der Waals surface area contributed by atoms with Gasteiger partial charge in [0.25, 0.3) is 0 Å². The second-order valence-corrected chi connectivity index (χ2v) is 15.6. The molecule has 2 amide bonds. The van der Waals surface area contributed by atoms with Crippen molar-refractivity contribution in [2.45, 2.75) is 75.9 Å². The standard InChI is InChI=1S/C43H50N10O2/c54-39-18-17-37(41(55)48-39)31-8-6-7-30(27-31)29-50-23-25-52(26-24-50)35-19-21-51(22-20-35)34-15-13-33(14-16-34)45-42-44-28-38-40(49-42)53(36-11-4-5-12-36)43(47-38)46-32-9-2-1-3-10-32/h1-3,6-10,13-16,27-28,35-37H,4-5,11-12,17-26,29H2,(H,46,47)(H,44,45,49)(H,48,54,55). The van der Waals surface area contributed by atoms with Crippen molar-refractivity contribution in [2.75, 3.05) is 54.8 Å². The number of hydrogen-bond donors (Lipinski definition) is 3. The van der Waals surface area contributed by atoms with Gasteiger partial charge in [0.1, 0.15) is 5.52 Å². The van der Waals surface area contributed by atoms with Gasteiger partial charge >= 0.3 is 0 Å². The highest BCUT2D eigenvalue weighted by molar-refractivity contribution is 6.00. The van der Waals surface area contributed by atoms with Crippen LogP contribution in [0.25, 0.3) is 11.2 Å². The van der Waals surface area contributed by atoms with E-state index in [1.54, 1.807) is 0 Å². The van der Waals surface area contributed by atoms with Gasteiger partial charge in [-0.25, -0.2) is 9.97 Å². The fourth-order valence-electron chi connectivity index (χ4n) is 9.04. The number of hydrogen-bond acceptors (Lipinski definition) is 10. The molecular weight excluding hydrogens is 689 g/mol. The van der Waals surface area contributed by atoms with E-state index in [0.717, 1.165) is 106 Å². The first-order valence-corrected chi connectivity index (χ1v) is 20.1. The zero-order chi connectivity index (χ0) is 37.1. The van der Waals surface area contributed by atoms with Crippen molar-refractivity contribution >= 4 is 51.9 Å². The number of nitrogens with one attached hydrogen (secondary N) is 3. The molecule has 0 bridgehead atoms. The van der Waals surface area contributed by atoms with Crippen LogP contribution in [0.2, 0.25) is 0 Å². The minimum atomic E-state index is -0.235. The molecule has 4 aliphatic rings. The average molecular weight is 739 g/mol. The summed E-state index contributed by atoms with van der Waals surface area (Å²) in [6.07, 6.45) is 9.85. The van der Waals surface area contributed by atoms with Crippen LogP contribution in [0.3, 0.4) is 0 Å². The van der Waals surface area contributed by atoms with Crippen molar-refractivity contribution in [3.05, 3.63) is 96.2 Å². The number of carbonyl (C=O) groups is 2. The molecule has 5 aromatic rings. The van der Waals surface area contributed by atoms with Crippen LogP contribution >= 0.6 is 0 Å². The van der Waals surface area contributed by atoms with Crippen molar-refractivity contribution in [3.8, 4) is 0 Å². The van der Waals surface area contributed by atoms with Gasteiger partial charge in [0.05, 0.1) is 12.1 Å². The second-order valence-electron chi connectivity index (χ2n) is 15.6. The van der Waals surface area contributed by atoms with Gasteiger partial charge in [-0.15, -0.1) is 0 Å². The Morgan fingerprint density at radius 1 is 0.727 bits per heavy atom. The Morgan fingerprint density at radius 2 is 1.49 bits per heavy atom. The highest BCUT2D eigenvalue weighted by Crippen LogP contribution is 2.36. The van der Waals surface area contributed by atoms with Gasteiger partial charge in [0.2, 0.25) is 23.7 Å². The number of carbonyl (C=O) groups excluding carboxylic acids is 2. The summed E-state index contributed by atoms with van der Waals surface area (Å²) >= 11 is 0. The van der Waals surface area contributed by atoms with E-state index in [9.17, 15) is 9.59 Å². The molecule has 284 valence electrons. The summed E-state index contributed by atoms with van der Waals surface area (Å²) in [5.41, 5.74) is 7.13. The number of nitrogens with zero attached hydrogens (tertiary/aromatic N) is 7. The van der Waals surface area contributed by atoms with Gasteiger partial charge in [0, 0.05) is 81.4 Å². The molecule has 1 unspecified atom stereocenters. The van der Waals surface area contributed by atoms with E-state index in [1.807, 2.05) is 36.5 Å². The first kappa shape index (κ1) is 35.4. The molecule has 5 heterocycles. The summed E-state index contributed by atoms with van der Waals surface area (Å²) in [7, 11) is 0. The van der Waals surface area contributed by atoms with Crippen LogP contribution in [0.15, 0.2) is 85.1 Å². The lowest BCUT2D eigenvalue weighted by atomic mass is 9.89. The molecule has 12 nitrogen and oxygen atoms in total. The molecule has 3 saturated heterocycles. The number of benzene rings is 3. The summed E-state index contributed by atoms with van der Waals surface area (Å²) in [4.78, 5) is 46.3. The number of aromatic nitrogens is 4. The summed E-state index contributed by atoms with van der Waals surface area (Å²) in [5.74, 6) is 0.824. The van der Waals surface area contributed by atoms with Crippen LogP contribution in [-0.4, -0.2) is 86.4 Å². The van der Waals surface area contributed by atoms with Crippen LogP contribution in [-0.2, 0) is 16.1 Å². The quantitative estimate of drug-likeness (QED) is 0.133. The lowest BCUT2D eigenvalue weighted by molar-refractivity contribution is -0.134. The number of piperazine rings is 1. The smallest absolute Gasteiger partial charge is 0.234 e. The lowest BCUT2D eigenvalue weighted by Gasteiger charge is -2.43. The first-order chi connectivity index (χ1) is 27.0. The molecule has 3 N–H and O–H groups in total. The predicted molar refractivity (Wildman–Crippen MR) is 216 cm³/mol. The van der Waals surface area contributed by atoms with Crippen molar-refractivity contribution < 1.29 is 9.59 Å². The number of rotatable bonds is 10. The van der Waals surface area contributed by atoms with Crippen molar-refractivity contribution in [2.24, 2.45) is 0 Å². The van der Waals surface area contributed by atoms with Crippen molar-refractivity contribution in [1.29, 1.82) is 0 Å². The minimum Gasteiger partial charge on any atom is -0.371 e. The molecule has 0 radical (unpaired) electrons. The molecule has 0 spiro atoms. The molecular formula is C43H50N10O2. The Hall–Kier alpha value is -5.33. The van der Waals surface area contributed by atoms with Crippen LogP contribution in [0.4, 0.5) is 29.0 Å². The van der Waals surface area contributed by atoms with E-state index >= 15 is 0 Å². The van der Waals surface area contributed by atoms with E-state index in [2.05, 4.69) is 88.7 Å². The number of para-hydroxylation sites is 1. The molecule has 3 aliphatic heterocycles. The third kappa shape index (κ3) is 7.92. The van der Waals surface area contributed by atoms with E-state index in [1.165, 1.54) is 24.1 Å². The van der Waals surface area contributed by atoms with E-state index < -0.39 is 0 Å². The molecule has 3 aromatic carbocycles. The number of piperidine rings is 2. The zero-order valence-electron chi connectivity index (χ0n) is 31.4. The van der Waals surface area contributed by atoms with Gasteiger partial charge in [-0.05, 0) is 79.6 Å². The van der Waals surface area contributed by atoms with E-state index in [4.69, 9.17) is 9.97 Å². The maximum Gasteiger partial charge on any atom is 0.234 e. The lowest BCUT2D eigenvalue weighted by Crippen LogP contribution is -2.53. The van der Waals surface area contributed by atoms with Gasteiger partial charge in [-0.1, -0.05) is 55.3 Å². The van der Waals surface area contributed by atoms with Crippen LogP contribution in [0, 0.1) is 0 Å². The topological polar surface area (TPSA) is 124 Å². The third-order valence-electron chi connectivity index (χ3n) is 12.0. The number of amides is 2. The van der Waals surface area contributed by atoms with Gasteiger partial charge in [0.15, 0.2) is 5.65 Å². The summed E-state index contributed by atoms with van der Waals surface area (Å²) in [6.45, 7) is 7.24. The Labute approximate surface area is 322 Å². The maximum atomic E-state index is 12.4. The molecule has 1 aliphatic carbocycles. The number of fused-ring (bicyclic) bond motifs is 1. The second kappa shape index (κ2) is 15.8. The van der Waals surface area contributed by atoms with Gasteiger partial charge < -0.3 is 15.5 Å². The Morgan fingerprint density at radius 3 is 2.25 bits per heavy atom. The fourth-order valence-corrected chi connectivity index (χ4v) is 9.04. The predicted octanol–water partition coefficient (Wildman–Crippen LogP) is 6.74. The van der Waals surface area contributed by atoms with Crippen LogP contribution in [0.5, 0.6) is 0 Å². The molecule has 2 aromatic heterocycles.